The Morgan fingerprint density at radius 2 is 2.04 bits per heavy atom. The molecule has 2 heterocycles. The molecule has 3 nitrogen and oxygen atoms in total. The predicted molar refractivity (Wildman–Crippen MR) is 98.1 cm³/mol. The van der Waals surface area contributed by atoms with Gasteiger partial charge in [-0.2, -0.15) is 0 Å². The lowest BCUT2D eigenvalue weighted by atomic mass is 9.77. The number of benzene rings is 1. The summed E-state index contributed by atoms with van der Waals surface area (Å²) >= 11 is 1.86. The van der Waals surface area contributed by atoms with Crippen molar-refractivity contribution >= 4 is 17.0 Å². The largest absolute Gasteiger partial charge is 0.496 e. The normalized spacial score (nSPS) is 16.7. The van der Waals surface area contributed by atoms with Crippen LogP contribution in [0.3, 0.4) is 0 Å². The molecule has 1 aliphatic heterocycles. The number of piperidine rings is 1. The van der Waals surface area contributed by atoms with Crippen LogP contribution in [0.25, 0.3) is 5.70 Å². The van der Waals surface area contributed by atoms with Crippen LogP contribution in [0.2, 0.25) is 0 Å². The second-order valence-corrected chi connectivity index (χ2v) is 6.99. The lowest BCUT2D eigenvalue weighted by Gasteiger charge is -2.37. The van der Waals surface area contributed by atoms with Crippen LogP contribution in [0.5, 0.6) is 5.75 Å². The van der Waals surface area contributed by atoms with Gasteiger partial charge < -0.3 is 15.4 Å². The molecule has 0 aliphatic carbocycles. The highest BCUT2D eigenvalue weighted by atomic mass is 32.1. The van der Waals surface area contributed by atoms with Gasteiger partial charge in [0.25, 0.3) is 0 Å². The van der Waals surface area contributed by atoms with E-state index in [0.29, 0.717) is 0 Å². The number of ether oxygens (including phenoxy) is 1. The van der Waals surface area contributed by atoms with Crippen molar-refractivity contribution in [1.29, 1.82) is 0 Å². The second-order valence-electron chi connectivity index (χ2n) is 6.04. The first kappa shape index (κ1) is 16.1. The summed E-state index contributed by atoms with van der Waals surface area (Å²) in [5, 5.41) is 9.23. The highest BCUT2D eigenvalue weighted by molar-refractivity contribution is 7.10. The second kappa shape index (κ2) is 7.20. The minimum Gasteiger partial charge on any atom is -0.496 e. The smallest absolute Gasteiger partial charge is 0.128 e. The molecule has 0 amide bonds. The summed E-state index contributed by atoms with van der Waals surface area (Å²) in [6.45, 7) is 7.28. The first-order valence-corrected chi connectivity index (χ1v) is 8.94. The quantitative estimate of drug-likeness (QED) is 0.849. The molecular weight excluding hydrogens is 304 g/mol. The SMILES string of the molecule is C=C(NCC1(c2cccs2)CCNCC1)c1ccccc1OC. The van der Waals surface area contributed by atoms with E-state index in [2.05, 4.69) is 40.8 Å². The van der Waals surface area contributed by atoms with Crippen LogP contribution in [0, 0.1) is 0 Å². The molecule has 0 spiro atoms. The van der Waals surface area contributed by atoms with Crippen LogP contribution in [0.4, 0.5) is 0 Å². The van der Waals surface area contributed by atoms with Crippen molar-refractivity contribution in [2.24, 2.45) is 0 Å². The molecule has 1 aliphatic rings. The molecule has 1 aromatic carbocycles. The zero-order valence-electron chi connectivity index (χ0n) is 13.6. The molecule has 1 aromatic heterocycles. The number of methoxy groups -OCH3 is 1. The van der Waals surface area contributed by atoms with E-state index in [9.17, 15) is 0 Å². The number of thiophene rings is 1. The highest BCUT2D eigenvalue weighted by Gasteiger charge is 2.34. The van der Waals surface area contributed by atoms with Crippen LogP contribution in [-0.4, -0.2) is 26.7 Å². The van der Waals surface area contributed by atoms with Crippen LogP contribution in [-0.2, 0) is 5.41 Å². The van der Waals surface area contributed by atoms with Gasteiger partial charge in [-0.1, -0.05) is 24.8 Å². The average Bonchev–Trinajstić information content (AvgIpc) is 3.16. The Kier molecular flexibility index (Phi) is 5.03. The number of hydrogen-bond donors (Lipinski definition) is 2. The summed E-state index contributed by atoms with van der Waals surface area (Å²) in [5.74, 6) is 0.862. The minimum atomic E-state index is 0.199. The summed E-state index contributed by atoms with van der Waals surface area (Å²) in [5.41, 5.74) is 2.16. The zero-order chi connectivity index (χ0) is 16.1. The maximum absolute atomic E-state index is 5.45. The monoisotopic (exact) mass is 328 g/mol. The molecule has 0 saturated carbocycles. The first-order chi connectivity index (χ1) is 11.2. The van der Waals surface area contributed by atoms with Crippen LogP contribution >= 0.6 is 11.3 Å². The molecular formula is C19H24N2OS. The van der Waals surface area contributed by atoms with Crippen molar-refractivity contribution in [2.75, 3.05) is 26.7 Å². The van der Waals surface area contributed by atoms with Crippen molar-refractivity contribution in [3.63, 3.8) is 0 Å². The minimum absolute atomic E-state index is 0.199. The molecule has 2 aromatic rings. The molecule has 0 unspecified atom stereocenters. The first-order valence-electron chi connectivity index (χ1n) is 8.06. The Hall–Kier alpha value is -1.78. The maximum Gasteiger partial charge on any atom is 0.128 e. The fraction of sp³-hybridized carbons (Fsp3) is 0.368. The topological polar surface area (TPSA) is 33.3 Å². The zero-order valence-corrected chi connectivity index (χ0v) is 14.4. The third-order valence-corrected chi connectivity index (χ3v) is 5.79. The van der Waals surface area contributed by atoms with Gasteiger partial charge in [-0.25, -0.2) is 0 Å². The van der Waals surface area contributed by atoms with E-state index >= 15 is 0 Å². The summed E-state index contributed by atoms with van der Waals surface area (Å²) in [6, 6.07) is 12.4. The van der Waals surface area contributed by atoms with E-state index in [4.69, 9.17) is 4.74 Å². The molecule has 0 radical (unpaired) electrons. The lowest BCUT2D eigenvalue weighted by Crippen LogP contribution is -2.45. The van der Waals surface area contributed by atoms with Crippen molar-refractivity contribution in [1.82, 2.24) is 10.6 Å². The molecule has 2 N–H and O–H groups in total. The van der Waals surface area contributed by atoms with Gasteiger partial charge in [0, 0.05) is 28.1 Å². The Morgan fingerprint density at radius 1 is 1.26 bits per heavy atom. The van der Waals surface area contributed by atoms with E-state index in [-0.39, 0.29) is 5.41 Å². The third-order valence-electron chi connectivity index (χ3n) is 4.68. The van der Waals surface area contributed by atoms with Gasteiger partial charge in [0.2, 0.25) is 0 Å². The van der Waals surface area contributed by atoms with E-state index in [1.807, 2.05) is 29.5 Å². The van der Waals surface area contributed by atoms with Crippen molar-refractivity contribution in [3.05, 3.63) is 58.8 Å². The van der Waals surface area contributed by atoms with E-state index in [1.165, 1.54) is 4.88 Å². The van der Waals surface area contributed by atoms with Gasteiger partial charge in [-0.15, -0.1) is 11.3 Å². The summed E-state index contributed by atoms with van der Waals surface area (Å²) in [4.78, 5) is 1.47. The Bertz CT molecular complexity index is 645. The maximum atomic E-state index is 5.45. The molecule has 23 heavy (non-hydrogen) atoms. The number of nitrogens with one attached hydrogen (secondary N) is 2. The van der Waals surface area contributed by atoms with Gasteiger partial charge >= 0.3 is 0 Å². The number of para-hydroxylation sites is 1. The Labute approximate surface area is 142 Å². The van der Waals surface area contributed by atoms with Crippen molar-refractivity contribution in [2.45, 2.75) is 18.3 Å². The Morgan fingerprint density at radius 3 is 2.74 bits per heavy atom. The predicted octanol–water partition coefficient (Wildman–Crippen LogP) is 3.64. The number of rotatable bonds is 6. The van der Waals surface area contributed by atoms with E-state index in [0.717, 1.165) is 49.5 Å². The fourth-order valence-electron chi connectivity index (χ4n) is 3.26. The molecule has 0 bridgehead atoms. The van der Waals surface area contributed by atoms with Crippen molar-refractivity contribution < 1.29 is 4.74 Å². The average molecular weight is 328 g/mol. The molecule has 1 saturated heterocycles. The Balaban J connectivity index is 1.75. The summed E-state index contributed by atoms with van der Waals surface area (Å²) in [7, 11) is 1.70. The van der Waals surface area contributed by atoms with Gasteiger partial charge in [0.05, 0.1) is 7.11 Å². The van der Waals surface area contributed by atoms with Crippen molar-refractivity contribution in [3.8, 4) is 5.75 Å². The molecule has 4 heteroatoms. The summed E-state index contributed by atoms with van der Waals surface area (Å²) in [6.07, 6.45) is 2.30. The molecule has 0 atom stereocenters. The molecule has 122 valence electrons. The van der Waals surface area contributed by atoms with Gasteiger partial charge in [-0.3, -0.25) is 0 Å². The number of hydrogen-bond acceptors (Lipinski definition) is 4. The lowest BCUT2D eigenvalue weighted by molar-refractivity contribution is 0.310. The van der Waals surface area contributed by atoms with Gasteiger partial charge in [-0.05, 0) is 49.5 Å². The highest BCUT2D eigenvalue weighted by Crippen LogP contribution is 2.36. The van der Waals surface area contributed by atoms with Gasteiger partial charge in [0.1, 0.15) is 5.75 Å². The third kappa shape index (κ3) is 3.43. The summed E-state index contributed by atoms with van der Waals surface area (Å²) < 4.78 is 5.45. The fourth-order valence-corrected chi connectivity index (χ4v) is 4.25. The standard InChI is InChI=1S/C19H24N2OS/c1-15(16-6-3-4-7-17(16)22-2)21-14-19(9-11-20-12-10-19)18-8-5-13-23-18/h3-8,13,20-21H,1,9-12,14H2,2H3. The van der Waals surface area contributed by atoms with Crippen LogP contribution in [0.15, 0.2) is 48.4 Å². The molecule has 3 rings (SSSR count). The van der Waals surface area contributed by atoms with E-state index < -0.39 is 0 Å². The van der Waals surface area contributed by atoms with Crippen LogP contribution < -0.4 is 15.4 Å². The van der Waals surface area contributed by atoms with Crippen LogP contribution in [0.1, 0.15) is 23.3 Å². The van der Waals surface area contributed by atoms with E-state index in [1.54, 1.807) is 7.11 Å². The molecule has 1 fully saturated rings. The van der Waals surface area contributed by atoms with Gasteiger partial charge in [0.15, 0.2) is 0 Å².